The molecule has 0 amide bonds. The Kier molecular flexibility index (Phi) is 16.4. The number of allylic oxidation sites excluding steroid dienone is 1. The third-order valence-electron chi connectivity index (χ3n) is 5.92. The lowest BCUT2D eigenvalue weighted by atomic mass is 10.0. The Labute approximate surface area is 181 Å². The molecule has 0 aliphatic heterocycles. The van der Waals surface area contributed by atoms with Crippen molar-refractivity contribution in [3.05, 3.63) is 41.7 Å². The third-order valence-corrected chi connectivity index (χ3v) is 5.92. The minimum absolute atomic E-state index is 0.817. The third kappa shape index (κ3) is 15.1. The first-order valence-corrected chi connectivity index (χ1v) is 12.5. The van der Waals surface area contributed by atoms with Gasteiger partial charge in [-0.2, -0.15) is 0 Å². The van der Waals surface area contributed by atoms with Crippen molar-refractivity contribution >= 4 is 5.69 Å². The summed E-state index contributed by atoms with van der Waals surface area (Å²) >= 11 is 0. The van der Waals surface area contributed by atoms with Gasteiger partial charge in [-0.05, 0) is 37.5 Å². The van der Waals surface area contributed by atoms with E-state index < -0.39 is 0 Å². The molecule has 1 aromatic carbocycles. The summed E-state index contributed by atoms with van der Waals surface area (Å²) in [6.45, 7) is 4.44. The van der Waals surface area contributed by atoms with Crippen LogP contribution in [0.1, 0.15) is 123 Å². The number of unbranched alkanes of at least 4 members (excludes halogenated alkanes) is 15. The lowest BCUT2D eigenvalue weighted by Gasteiger charge is -2.10. The monoisotopic (exact) mass is 400 g/mol. The molecule has 29 heavy (non-hydrogen) atoms. The van der Waals surface area contributed by atoms with Gasteiger partial charge >= 0.3 is 0 Å². The summed E-state index contributed by atoms with van der Waals surface area (Å²) < 4.78 is 0. The predicted molar refractivity (Wildman–Crippen MR) is 131 cm³/mol. The molecule has 2 heteroatoms. The smallest absolute Gasteiger partial charge is 0.0993 e. The molecule has 1 rings (SSSR count). The minimum atomic E-state index is 0.817. The van der Waals surface area contributed by atoms with Crippen LogP contribution in [0.25, 0.3) is 0 Å². The number of hydrogen-bond donors (Lipinski definition) is 2. The van der Waals surface area contributed by atoms with Gasteiger partial charge in [0.05, 0.1) is 5.82 Å². The van der Waals surface area contributed by atoms with Crippen LogP contribution in [0.5, 0.6) is 0 Å². The quantitative estimate of drug-likeness (QED) is 0.227. The summed E-state index contributed by atoms with van der Waals surface area (Å²) in [6, 6.07) is 10.2. The fourth-order valence-electron chi connectivity index (χ4n) is 3.86. The second kappa shape index (κ2) is 18.6. The van der Waals surface area contributed by atoms with Crippen molar-refractivity contribution in [3.63, 3.8) is 0 Å². The maximum Gasteiger partial charge on any atom is 0.0993 e. The molecule has 0 atom stereocenters. The lowest BCUT2D eigenvalue weighted by molar-refractivity contribution is 0.529. The molecule has 1 aromatic rings. The maximum absolute atomic E-state index is 6.18. The van der Waals surface area contributed by atoms with Crippen molar-refractivity contribution in [2.45, 2.75) is 123 Å². The molecule has 3 N–H and O–H groups in total. The zero-order valence-corrected chi connectivity index (χ0v) is 19.5. The number of hydrogen-bond acceptors (Lipinski definition) is 2. The van der Waals surface area contributed by atoms with Gasteiger partial charge in [-0.3, -0.25) is 0 Å². The van der Waals surface area contributed by atoms with E-state index in [0.717, 1.165) is 17.9 Å². The van der Waals surface area contributed by atoms with E-state index in [1.165, 1.54) is 108 Å². The Morgan fingerprint density at radius 2 is 1.07 bits per heavy atom. The normalized spacial score (nSPS) is 12.1. The van der Waals surface area contributed by atoms with E-state index in [4.69, 9.17) is 5.73 Å². The van der Waals surface area contributed by atoms with Crippen LogP contribution in [-0.2, 0) is 0 Å². The second-order valence-electron chi connectivity index (χ2n) is 8.74. The van der Waals surface area contributed by atoms with Crippen LogP contribution in [0.2, 0.25) is 0 Å². The average Bonchev–Trinajstić information content (AvgIpc) is 2.74. The highest BCUT2D eigenvalue weighted by Crippen LogP contribution is 2.16. The molecule has 0 saturated heterocycles. The van der Waals surface area contributed by atoms with Gasteiger partial charge in [-0.25, -0.2) is 0 Å². The molecule has 0 aliphatic carbocycles. The fraction of sp³-hybridized carbons (Fsp3) is 0.704. The van der Waals surface area contributed by atoms with Crippen LogP contribution in [0.3, 0.4) is 0 Å². The Bertz CT molecular complexity index is 507. The average molecular weight is 401 g/mol. The first-order chi connectivity index (χ1) is 14.2. The van der Waals surface area contributed by atoms with Gasteiger partial charge < -0.3 is 11.1 Å². The molecule has 166 valence electrons. The summed E-state index contributed by atoms with van der Waals surface area (Å²) in [4.78, 5) is 0. The molecule has 0 aliphatic rings. The Morgan fingerprint density at radius 3 is 1.52 bits per heavy atom. The van der Waals surface area contributed by atoms with Crippen molar-refractivity contribution < 1.29 is 0 Å². The molecule has 0 saturated carbocycles. The van der Waals surface area contributed by atoms with Gasteiger partial charge in [0.2, 0.25) is 0 Å². The number of para-hydroxylation sites is 1. The maximum atomic E-state index is 6.18. The highest BCUT2D eigenvalue weighted by molar-refractivity contribution is 5.47. The van der Waals surface area contributed by atoms with E-state index in [2.05, 4.69) is 31.3 Å². The van der Waals surface area contributed by atoms with E-state index >= 15 is 0 Å². The Morgan fingerprint density at radius 1 is 0.655 bits per heavy atom. The molecule has 2 nitrogen and oxygen atoms in total. The van der Waals surface area contributed by atoms with Crippen LogP contribution in [0.15, 0.2) is 41.7 Å². The van der Waals surface area contributed by atoms with Crippen LogP contribution in [0.4, 0.5) is 5.69 Å². The van der Waals surface area contributed by atoms with Gasteiger partial charge in [-0.1, -0.05) is 121 Å². The minimum Gasteiger partial charge on any atom is -0.385 e. The molecule has 0 bridgehead atoms. The van der Waals surface area contributed by atoms with Gasteiger partial charge in [0.15, 0.2) is 0 Å². The number of nitrogens with two attached hydrogens (primary N) is 1. The lowest BCUT2D eigenvalue weighted by Crippen LogP contribution is -2.11. The van der Waals surface area contributed by atoms with Gasteiger partial charge in [0, 0.05) is 5.69 Å². The molecular weight excluding hydrogens is 352 g/mol. The molecule has 0 aromatic heterocycles. The molecule has 0 fully saturated rings. The van der Waals surface area contributed by atoms with Crippen molar-refractivity contribution in [3.8, 4) is 0 Å². The highest BCUT2D eigenvalue weighted by Gasteiger charge is 2.00. The Balaban J connectivity index is 1.86. The van der Waals surface area contributed by atoms with Gasteiger partial charge in [0.1, 0.15) is 0 Å². The van der Waals surface area contributed by atoms with Crippen molar-refractivity contribution in [2.24, 2.45) is 5.73 Å². The first kappa shape index (κ1) is 25.6. The van der Waals surface area contributed by atoms with Crippen molar-refractivity contribution in [1.29, 1.82) is 0 Å². The largest absolute Gasteiger partial charge is 0.385 e. The fourth-order valence-corrected chi connectivity index (χ4v) is 3.86. The van der Waals surface area contributed by atoms with Crippen LogP contribution in [-0.4, -0.2) is 0 Å². The molecular formula is C27H48N2. The van der Waals surface area contributed by atoms with Gasteiger partial charge in [-0.15, -0.1) is 0 Å². The van der Waals surface area contributed by atoms with Gasteiger partial charge in [0.25, 0.3) is 0 Å². The van der Waals surface area contributed by atoms with Crippen LogP contribution >= 0.6 is 0 Å². The van der Waals surface area contributed by atoms with E-state index in [1.54, 1.807) is 0 Å². The standard InChI is InChI=1S/C27H48N2/c1-3-4-5-6-7-8-9-10-11-12-13-14-15-16-17-19-22-25(2)27(28)29-26-23-20-18-21-24-26/h18,20-21,23-24,29H,3-17,19,22,28H2,1-2H3. The molecule has 0 radical (unpaired) electrons. The van der Waals surface area contributed by atoms with E-state index in [-0.39, 0.29) is 0 Å². The number of benzene rings is 1. The molecule has 0 unspecified atom stereocenters. The van der Waals surface area contributed by atoms with Crippen molar-refractivity contribution in [2.75, 3.05) is 5.32 Å². The van der Waals surface area contributed by atoms with Crippen LogP contribution in [0, 0.1) is 0 Å². The second-order valence-corrected chi connectivity index (χ2v) is 8.74. The topological polar surface area (TPSA) is 38.0 Å². The number of anilines is 1. The molecule has 0 heterocycles. The summed E-state index contributed by atoms with van der Waals surface area (Å²) in [5.74, 6) is 0.817. The highest BCUT2D eigenvalue weighted by atomic mass is 15.0. The number of rotatable bonds is 19. The van der Waals surface area contributed by atoms with Crippen LogP contribution < -0.4 is 11.1 Å². The summed E-state index contributed by atoms with van der Waals surface area (Å²) in [7, 11) is 0. The Hall–Kier alpha value is -1.44. The van der Waals surface area contributed by atoms with E-state index in [0.29, 0.717) is 0 Å². The van der Waals surface area contributed by atoms with E-state index in [1.807, 2.05) is 18.2 Å². The molecule has 0 spiro atoms. The summed E-state index contributed by atoms with van der Waals surface area (Å²) in [5.41, 5.74) is 8.53. The summed E-state index contributed by atoms with van der Waals surface area (Å²) in [6.07, 6.45) is 23.7. The zero-order chi connectivity index (χ0) is 21.0. The zero-order valence-electron chi connectivity index (χ0n) is 19.5. The SMILES string of the molecule is CCCCCCCCCCCCCCCCCCC(C)=C(N)Nc1ccccc1. The van der Waals surface area contributed by atoms with Crippen molar-refractivity contribution in [1.82, 2.24) is 0 Å². The number of nitrogens with one attached hydrogen (secondary N) is 1. The first-order valence-electron chi connectivity index (χ1n) is 12.5. The summed E-state index contributed by atoms with van der Waals surface area (Å²) in [5, 5.41) is 3.30. The van der Waals surface area contributed by atoms with E-state index in [9.17, 15) is 0 Å². The predicted octanol–water partition coefficient (Wildman–Crippen LogP) is 8.94.